The van der Waals surface area contributed by atoms with Gasteiger partial charge >= 0.3 is 6.18 Å². The largest absolute Gasteiger partial charge is 0.416 e. The van der Waals surface area contributed by atoms with Crippen LogP contribution in [-0.4, -0.2) is 5.11 Å². The fourth-order valence-electron chi connectivity index (χ4n) is 2.05. The highest BCUT2D eigenvalue weighted by molar-refractivity contribution is 6.30. The maximum Gasteiger partial charge on any atom is 0.416 e. The molecule has 0 spiro atoms. The predicted octanol–water partition coefficient (Wildman–Crippen LogP) is 4.77. The van der Waals surface area contributed by atoms with Crippen molar-refractivity contribution < 1.29 is 22.7 Å². The van der Waals surface area contributed by atoms with Gasteiger partial charge in [-0.2, -0.15) is 13.2 Å². The van der Waals surface area contributed by atoms with E-state index in [1.165, 1.54) is 30.3 Å². The van der Waals surface area contributed by atoms with Gasteiger partial charge in [0.1, 0.15) is 5.82 Å². The van der Waals surface area contributed by atoms with Gasteiger partial charge in [0.25, 0.3) is 0 Å². The van der Waals surface area contributed by atoms with E-state index in [0.717, 1.165) is 12.1 Å². The summed E-state index contributed by atoms with van der Waals surface area (Å²) >= 11 is 5.60. The molecule has 0 radical (unpaired) electrons. The van der Waals surface area contributed by atoms with E-state index >= 15 is 0 Å². The summed E-state index contributed by atoms with van der Waals surface area (Å²) in [5.74, 6) is -0.661. The summed E-state index contributed by atoms with van der Waals surface area (Å²) in [6.45, 7) is 0. The summed E-state index contributed by atoms with van der Waals surface area (Å²) in [5.41, 5.74) is -1.10. The van der Waals surface area contributed by atoms with Crippen molar-refractivity contribution in [1.29, 1.82) is 0 Å². The van der Waals surface area contributed by atoms with Crippen LogP contribution in [0.5, 0.6) is 0 Å². The third kappa shape index (κ3) is 3.74. The Morgan fingerprint density at radius 1 is 1.10 bits per heavy atom. The minimum Gasteiger partial charge on any atom is -0.388 e. The minimum atomic E-state index is -4.57. The van der Waals surface area contributed by atoms with Crippen molar-refractivity contribution in [3.05, 3.63) is 70.0 Å². The molecule has 2 aromatic rings. The lowest BCUT2D eigenvalue weighted by atomic mass is 9.96. The van der Waals surface area contributed by atoms with Gasteiger partial charge in [0.05, 0.1) is 11.7 Å². The molecule has 21 heavy (non-hydrogen) atoms. The molecule has 0 amide bonds. The summed E-state index contributed by atoms with van der Waals surface area (Å²) in [6, 6.07) is 8.52. The first-order valence-corrected chi connectivity index (χ1v) is 6.45. The average Bonchev–Trinajstić information content (AvgIpc) is 2.41. The van der Waals surface area contributed by atoms with Gasteiger partial charge in [0.15, 0.2) is 0 Å². The molecule has 6 heteroatoms. The third-order valence-corrected chi connectivity index (χ3v) is 3.29. The first-order chi connectivity index (χ1) is 9.79. The Labute approximate surface area is 123 Å². The Kier molecular flexibility index (Phi) is 4.54. The normalized spacial score (nSPS) is 13.2. The fraction of sp³-hybridized carbons (Fsp3) is 0.200. The van der Waals surface area contributed by atoms with Crippen molar-refractivity contribution in [2.45, 2.75) is 18.7 Å². The number of rotatable bonds is 3. The first-order valence-electron chi connectivity index (χ1n) is 6.07. The maximum atomic E-state index is 13.6. The standard InChI is InChI=1S/C15H11ClF4O/c16-10-6-5-9(13(17)8-10)7-14(21)11-3-1-2-4-12(11)15(18,19)20/h1-6,8,14,21H,7H2. The van der Waals surface area contributed by atoms with Crippen LogP contribution in [0.4, 0.5) is 17.6 Å². The fourth-order valence-corrected chi connectivity index (χ4v) is 2.21. The Hall–Kier alpha value is -1.59. The third-order valence-electron chi connectivity index (χ3n) is 3.05. The highest BCUT2D eigenvalue weighted by Gasteiger charge is 2.34. The van der Waals surface area contributed by atoms with Crippen molar-refractivity contribution in [2.24, 2.45) is 0 Å². The Balaban J connectivity index is 2.31. The lowest BCUT2D eigenvalue weighted by Crippen LogP contribution is -2.13. The predicted molar refractivity (Wildman–Crippen MR) is 71.5 cm³/mol. The van der Waals surface area contributed by atoms with Crippen molar-refractivity contribution in [2.75, 3.05) is 0 Å². The van der Waals surface area contributed by atoms with Crippen LogP contribution in [0.3, 0.4) is 0 Å². The zero-order valence-electron chi connectivity index (χ0n) is 10.7. The van der Waals surface area contributed by atoms with Gasteiger partial charge in [-0.3, -0.25) is 0 Å². The SMILES string of the molecule is OC(Cc1ccc(Cl)cc1F)c1ccccc1C(F)(F)F. The number of hydrogen-bond acceptors (Lipinski definition) is 1. The Morgan fingerprint density at radius 2 is 1.76 bits per heavy atom. The number of alkyl halides is 3. The lowest BCUT2D eigenvalue weighted by molar-refractivity contribution is -0.139. The van der Waals surface area contributed by atoms with Crippen LogP contribution in [-0.2, 0) is 12.6 Å². The molecule has 0 aromatic heterocycles. The molecule has 0 heterocycles. The van der Waals surface area contributed by atoms with Crippen molar-refractivity contribution >= 4 is 11.6 Å². The molecule has 0 aliphatic heterocycles. The van der Waals surface area contributed by atoms with Crippen LogP contribution in [0, 0.1) is 5.82 Å². The highest BCUT2D eigenvalue weighted by atomic mass is 35.5. The molecule has 0 fully saturated rings. The van der Waals surface area contributed by atoms with Crippen LogP contribution in [0.15, 0.2) is 42.5 Å². The van der Waals surface area contributed by atoms with Crippen molar-refractivity contribution in [1.82, 2.24) is 0 Å². The summed E-state index contributed by atoms with van der Waals surface area (Å²) in [7, 11) is 0. The second-order valence-corrected chi connectivity index (χ2v) is 4.98. The molecule has 0 aliphatic rings. The van der Waals surface area contributed by atoms with Gasteiger partial charge < -0.3 is 5.11 Å². The summed E-state index contributed by atoms with van der Waals surface area (Å²) in [6.07, 6.45) is -6.30. The van der Waals surface area contributed by atoms with Gasteiger partial charge in [-0.25, -0.2) is 4.39 Å². The van der Waals surface area contributed by atoms with E-state index in [-0.39, 0.29) is 22.6 Å². The van der Waals surface area contributed by atoms with Crippen LogP contribution in [0.25, 0.3) is 0 Å². The average molecular weight is 319 g/mol. The highest BCUT2D eigenvalue weighted by Crippen LogP contribution is 2.35. The van der Waals surface area contributed by atoms with Gasteiger partial charge in [-0.15, -0.1) is 0 Å². The van der Waals surface area contributed by atoms with Gasteiger partial charge in [0, 0.05) is 11.4 Å². The van der Waals surface area contributed by atoms with E-state index in [4.69, 9.17) is 11.6 Å². The maximum absolute atomic E-state index is 13.6. The summed E-state index contributed by atoms with van der Waals surface area (Å²) in [4.78, 5) is 0. The van der Waals surface area contributed by atoms with E-state index in [9.17, 15) is 22.7 Å². The molecule has 1 unspecified atom stereocenters. The van der Waals surface area contributed by atoms with Crippen LogP contribution < -0.4 is 0 Å². The van der Waals surface area contributed by atoms with E-state index in [2.05, 4.69) is 0 Å². The second-order valence-electron chi connectivity index (χ2n) is 4.54. The minimum absolute atomic E-state index is 0.101. The smallest absolute Gasteiger partial charge is 0.388 e. The number of aliphatic hydroxyl groups excluding tert-OH is 1. The monoisotopic (exact) mass is 318 g/mol. The van der Waals surface area contributed by atoms with E-state index in [1.54, 1.807) is 0 Å². The molecule has 1 N–H and O–H groups in total. The van der Waals surface area contributed by atoms with Crippen LogP contribution >= 0.6 is 11.6 Å². The second kappa shape index (κ2) is 6.03. The molecule has 2 rings (SSSR count). The van der Waals surface area contributed by atoms with Crippen molar-refractivity contribution in [3.63, 3.8) is 0 Å². The first kappa shape index (κ1) is 15.8. The topological polar surface area (TPSA) is 20.2 Å². The number of halogens is 5. The van der Waals surface area contributed by atoms with Gasteiger partial charge in [-0.1, -0.05) is 35.9 Å². The zero-order chi connectivity index (χ0) is 15.6. The van der Waals surface area contributed by atoms with E-state index in [1.807, 2.05) is 0 Å². The quantitative estimate of drug-likeness (QED) is 0.808. The number of aliphatic hydroxyl groups is 1. The van der Waals surface area contributed by atoms with Crippen LogP contribution in [0.2, 0.25) is 5.02 Å². The summed E-state index contributed by atoms with van der Waals surface area (Å²) < 4.78 is 52.3. The van der Waals surface area contributed by atoms with Gasteiger partial charge in [-0.05, 0) is 29.3 Å². The zero-order valence-corrected chi connectivity index (χ0v) is 11.4. The van der Waals surface area contributed by atoms with Crippen molar-refractivity contribution in [3.8, 4) is 0 Å². The Morgan fingerprint density at radius 3 is 2.38 bits per heavy atom. The molecule has 1 atom stereocenters. The van der Waals surface area contributed by atoms with E-state index < -0.39 is 23.7 Å². The molecule has 0 aliphatic carbocycles. The molecule has 0 bridgehead atoms. The summed E-state index contributed by atoms with van der Waals surface area (Å²) in [5, 5.41) is 10.2. The molecule has 1 nitrogen and oxygen atoms in total. The molecular weight excluding hydrogens is 308 g/mol. The molecule has 0 saturated heterocycles. The molecule has 112 valence electrons. The molecule has 2 aromatic carbocycles. The Bertz CT molecular complexity index is 640. The number of benzene rings is 2. The lowest BCUT2D eigenvalue weighted by Gasteiger charge is -2.17. The molecule has 0 saturated carbocycles. The van der Waals surface area contributed by atoms with Crippen LogP contribution in [0.1, 0.15) is 22.8 Å². The van der Waals surface area contributed by atoms with E-state index in [0.29, 0.717) is 0 Å². The number of hydrogen-bond donors (Lipinski definition) is 1. The van der Waals surface area contributed by atoms with Gasteiger partial charge in [0.2, 0.25) is 0 Å². The molecular formula is C15H11ClF4O.